The molecule has 2 aromatic heterocycles. The number of phenolic OH excluding ortho intramolecular Hbond substituents is 1. The minimum absolute atomic E-state index is 0.0132. The van der Waals surface area contributed by atoms with Gasteiger partial charge in [0.2, 0.25) is 5.82 Å². The highest BCUT2D eigenvalue weighted by Gasteiger charge is 2.47. The first-order chi connectivity index (χ1) is 19.3. The summed E-state index contributed by atoms with van der Waals surface area (Å²) in [6.45, 7) is 5.41. The van der Waals surface area contributed by atoms with E-state index in [4.69, 9.17) is 16.6 Å². The van der Waals surface area contributed by atoms with Gasteiger partial charge < -0.3 is 15.3 Å². The molecule has 8 nitrogen and oxygen atoms in total. The predicted molar refractivity (Wildman–Crippen MR) is 149 cm³/mol. The Morgan fingerprint density at radius 3 is 2.83 bits per heavy atom. The fourth-order valence-corrected chi connectivity index (χ4v) is 6.95. The van der Waals surface area contributed by atoms with Crippen LogP contribution in [0.5, 0.6) is 5.75 Å². The highest BCUT2D eigenvalue weighted by atomic mass is 35.5. The molecular formula is C29H30ClF2N7O. The number of hydrogen-bond acceptors (Lipinski definition) is 8. The van der Waals surface area contributed by atoms with E-state index >= 15 is 4.39 Å². The smallest absolute Gasteiger partial charge is 0.207 e. The van der Waals surface area contributed by atoms with E-state index in [0.29, 0.717) is 35.9 Å². The van der Waals surface area contributed by atoms with Crippen molar-refractivity contribution in [2.45, 2.75) is 62.7 Å². The zero-order valence-corrected chi connectivity index (χ0v) is 23.0. The van der Waals surface area contributed by atoms with Crippen LogP contribution in [0.2, 0.25) is 5.02 Å². The zero-order chi connectivity index (χ0) is 27.6. The molecule has 3 saturated heterocycles. The normalized spacial score (nSPS) is 26.6. The number of halogens is 3. The summed E-state index contributed by atoms with van der Waals surface area (Å²) in [4.78, 5) is 13.5. The molecule has 3 atom stereocenters. The average molecular weight is 566 g/mol. The van der Waals surface area contributed by atoms with Gasteiger partial charge in [-0.05, 0) is 68.7 Å². The number of alkyl halides is 1. The first-order valence-corrected chi connectivity index (χ1v) is 14.4. The highest BCUT2D eigenvalue weighted by molar-refractivity contribution is 6.32. The summed E-state index contributed by atoms with van der Waals surface area (Å²) in [6, 6.07) is 3.04. The second-order valence-electron chi connectivity index (χ2n) is 11.5. The van der Waals surface area contributed by atoms with E-state index in [9.17, 15) is 9.50 Å². The van der Waals surface area contributed by atoms with Crippen LogP contribution in [0, 0.1) is 17.7 Å². The number of aromatic nitrogens is 4. The minimum Gasteiger partial charge on any atom is -0.508 e. The number of rotatable bonds is 3. The van der Waals surface area contributed by atoms with Crippen LogP contribution in [0.25, 0.3) is 22.3 Å². The molecule has 1 aromatic carbocycles. The van der Waals surface area contributed by atoms with Crippen LogP contribution in [0.15, 0.2) is 12.1 Å². The van der Waals surface area contributed by atoms with Gasteiger partial charge in [0.1, 0.15) is 23.1 Å². The van der Waals surface area contributed by atoms with Crippen molar-refractivity contribution in [3.8, 4) is 28.8 Å². The van der Waals surface area contributed by atoms with E-state index in [1.165, 1.54) is 12.1 Å². The standard InChI is InChI=1S/C29H30ClF2N7O/c1-16-14-33-8-10-39(16)28-27-26(34-22(35-28)5-7-29-6-2-9-38(29)15-18(31)13-29)24(32)25(36-37-27)20-11-19(40)12-21(30)23(20)17-3-4-17/h11-12,16-18,33,40H,2-4,6,8-10,13-15H2,1H3/t16?,18-,29-/m1/s1. The molecule has 1 aliphatic carbocycles. The number of piperazine rings is 1. The number of hydrogen-bond donors (Lipinski definition) is 2. The van der Waals surface area contributed by atoms with Gasteiger partial charge in [-0.1, -0.05) is 17.5 Å². The molecule has 40 heavy (non-hydrogen) atoms. The van der Waals surface area contributed by atoms with Gasteiger partial charge in [-0.25, -0.2) is 18.7 Å². The van der Waals surface area contributed by atoms with Crippen LogP contribution in [0.1, 0.15) is 56.3 Å². The lowest BCUT2D eigenvalue weighted by atomic mass is 9.94. The average Bonchev–Trinajstić information content (AvgIpc) is 3.61. The van der Waals surface area contributed by atoms with Crippen molar-refractivity contribution in [3.63, 3.8) is 0 Å². The molecule has 0 spiro atoms. The molecular weight excluding hydrogens is 536 g/mol. The van der Waals surface area contributed by atoms with Crippen molar-refractivity contribution in [2.24, 2.45) is 0 Å². The Labute approximate surface area is 236 Å². The van der Waals surface area contributed by atoms with Crippen molar-refractivity contribution in [1.29, 1.82) is 0 Å². The van der Waals surface area contributed by atoms with Crippen molar-refractivity contribution >= 4 is 28.5 Å². The molecule has 3 aliphatic heterocycles. The summed E-state index contributed by atoms with van der Waals surface area (Å²) in [5, 5.41) is 22.8. The molecule has 0 bridgehead atoms. The molecule has 0 amide bonds. The van der Waals surface area contributed by atoms with Gasteiger partial charge in [0.05, 0.1) is 5.54 Å². The van der Waals surface area contributed by atoms with E-state index in [0.717, 1.165) is 50.9 Å². The Kier molecular flexibility index (Phi) is 6.29. The third-order valence-electron chi connectivity index (χ3n) is 8.67. The van der Waals surface area contributed by atoms with Crippen molar-refractivity contribution < 1.29 is 13.9 Å². The van der Waals surface area contributed by atoms with Crippen LogP contribution in [0.3, 0.4) is 0 Å². The Morgan fingerprint density at radius 2 is 2.02 bits per heavy atom. The zero-order valence-electron chi connectivity index (χ0n) is 22.2. The number of nitrogens with one attached hydrogen (secondary N) is 1. The fourth-order valence-electron chi connectivity index (χ4n) is 6.58. The summed E-state index contributed by atoms with van der Waals surface area (Å²) < 4.78 is 30.8. The number of aromatic hydroxyl groups is 1. The van der Waals surface area contributed by atoms with Gasteiger partial charge in [0.25, 0.3) is 0 Å². The van der Waals surface area contributed by atoms with E-state index in [1.54, 1.807) is 0 Å². The summed E-state index contributed by atoms with van der Waals surface area (Å²) in [6.07, 6.45) is 3.09. The number of anilines is 1. The maximum atomic E-state index is 16.5. The molecule has 3 aromatic rings. The van der Waals surface area contributed by atoms with Gasteiger partial charge >= 0.3 is 0 Å². The van der Waals surface area contributed by atoms with Gasteiger partial charge in [-0.15, -0.1) is 10.2 Å². The lowest BCUT2D eigenvalue weighted by Gasteiger charge is -2.35. The Balaban J connectivity index is 1.40. The second kappa shape index (κ2) is 9.75. The molecule has 7 rings (SSSR count). The maximum absolute atomic E-state index is 16.5. The van der Waals surface area contributed by atoms with Gasteiger partial charge in [0.15, 0.2) is 17.2 Å². The quantitative estimate of drug-likeness (QED) is 0.457. The third-order valence-corrected chi connectivity index (χ3v) is 8.98. The summed E-state index contributed by atoms with van der Waals surface area (Å²) in [7, 11) is 0. The first-order valence-electron chi connectivity index (χ1n) is 14.0. The Hall–Kier alpha value is -3.13. The molecule has 5 heterocycles. The SMILES string of the molecule is CC1CNCCN1c1nc(C#C[C@@]23CCCN2C[C@H](F)C3)nc2c(F)c(-c3cc(O)cc(Cl)c3C3CC3)nnc12. The lowest BCUT2D eigenvalue weighted by Crippen LogP contribution is -2.50. The highest BCUT2D eigenvalue weighted by Crippen LogP contribution is 2.49. The van der Waals surface area contributed by atoms with E-state index in [-0.39, 0.29) is 40.3 Å². The topological polar surface area (TPSA) is 90.3 Å². The number of benzene rings is 1. The summed E-state index contributed by atoms with van der Waals surface area (Å²) >= 11 is 6.50. The lowest BCUT2D eigenvalue weighted by molar-refractivity contribution is 0.255. The third kappa shape index (κ3) is 4.35. The monoisotopic (exact) mass is 565 g/mol. The van der Waals surface area contributed by atoms with Gasteiger partial charge in [-0.3, -0.25) is 4.90 Å². The van der Waals surface area contributed by atoms with Crippen molar-refractivity contribution in [1.82, 2.24) is 30.4 Å². The Morgan fingerprint density at radius 1 is 1.18 bits per heavy atom. The second-order valence-corrected chi connectivity index (χ2v) is 11.9. The molecule has 11 heteroatoms. The van der Waals surface area contributed by atoms with Crippen LogP contribution < -0.4 is 10.2 Å². The molecule has 4 fully saturated rings. The van der Waals surface area contributed by atoms with Gasteiger partial charge in [-0.2, -0.15) is 0 Å². The predicted octanol–water partition coefficient (Wildman–Crippen LogP) is 4.19. The van der Waals surface area contributed by atoms with E-state index in [2.05, 4.69) is 49.1 Å². The molecule has 208 valence electrons. The Bertz CT molecular complexity index is 1570. The fraction of sp³-hybridized carbons (Fsp3) is 0.517. The molecule has 1 saturated carbocycles. The first kappa shape index (κ1) is 25.8. The van der Waals surface area contributed by atoms with Crippen molar-refractivity contribution in [2.75, 3.05) is 37.6 Å². The molecule has 1 unspecified atom stereocenters. The van der Waals surface area contributed by atoms with Gasteiger partial charge in [0, 0.05) is 49.2 Å². The maximum Gasteiger partial charge on any atom is 0.207 e. The summed E-state index contributed by atoms with van der Waals surface area (Å²) in [5.74, 6) is 6.50. The van der Waals surface area contributed by atoms with Crippen LogP contribution in [-0.4, -0.2) is 80.6 Å². The summed E-state index contributed by atoms with van der Waals surface area (Å²) in [5.41, 5.74) is 0.910. The number of phenols is 1. The molecule has 2 N–H and O–H groups in total. The minimum atomic E-state index is -0.908. The van der Waals surface area contributed by atoms with Crippen LogP contribution in [-0.2, 0) is 0 Å². The largest absolute Gasteiger partial charge is 0.508 e. The van der Waals surface area contributed by atoms with Crippen LogP contribution in [0.4, 0.5) is 14.6 Å². The molecule has 0 radical (unpaired) electrons. The van der Waals surface area contributed by atoms with E-state index < -0.39 is 17.5 Å². The molecule has 4 aliphatic rings. The van der Waals surface area contributed by atoms with Crippen LogP contribution >= 0.6 is 11.6 Å². The van der Waals surface area contributed by atoms with Crippen molar-refractivity contribution in [3.05, 3.63) is 34.4 Å². The number of fused-ring (bicyclic) bond motifs is 2. The van der Waals surface area contributed by atoms with E-state index in [1.807, 2.05) is 0 Å². The number of nitrogens with zero attached hydrogens (tertiary/aromatic N) is 6.